The molecule has 0 radical (unpaired) electrons. The number of nitrogens with zero attached hydrogens (tertiary/aromatic N) is 3. The number of carbonyl (C=O) groups excluding carboxylic acids is 1. The molecule has 3 aromatic rings. The molecule has 2 aromatic heterocycles. The molecular formula is C19H15F6N5OS. The van der Waals surface area contributed by atoms with Crippen molar-refractivity contribution in [2.24, 2.45) is 0 Å². The zero-order valence-electron chi connectivity index (χ0n) is 16.3. The lowest BCUT2D eigenvalue weighted by molar-refractivity contribution is -0.154. The second-order valence-corrected chi connectivity index (χ2v) is 8.25. The van der Waals surface area contributed by atoms with Gasteiger partial charge in [0.25, 0.3) is 0 Å². The molecule has 2 amide bonds. The number of urea groups is 1. The van der Waals surface area contributed by atoms with Gasteiger partial charge in [0.05, 0.1) is 35.9 Å². The summed E-state index contributed by atoms with van der Waals surface area (Å²) in [6.45, 7) is 1.58. The highest BCUT2D eigenvalue weighted by atomic mass is 32.1. The SMILES string of the molecule is Cc1c(C(NC(=O)Nc2cnc(N3CC(F)C3)nc2)C(F)(F)F)sc2c(F)cc(F)cc12. The van der Waals surface area contributed by atoms with Crippen molar-refractivity contribution in [2.75, 3.05) is 23.3 Å². The van der Waals surface area contributed by atoms with Crippen LogP contribution in [0.4, 0.5) is 42.8 Å². The number of anilines is 2. The Balaban J connectivity index is 1.53. The summed E-state index contributed by atoms with van der Waals surface area (Å²) in [5, 5.41) is 4.03. The summed E-state index contributed by atoms with van der Waals surface area (Å²) in [6.07, 6.45) is -3.51. The Morgan fingerprint density at radius 1 is 1.22 bits per heavy atom. The number of fused-ring (bicyclic) bond motifs is 1. The van der Waals surface area contributed by atoms with E-state index in [4.69, 9.17) is 0 Å². The van der Waals surface area contributed by atoms with Crippen molar-refractivity contribution in [1.82, 2.24) is 15.3 Å². The van der Waals surface area contributed by atoms with Crippen molar-refractivity contribution < 1.29 is 31.1 Å². The summed E-state index contributed by atoms with van der Waals surface area (Å²) in [4.78, 5) is 21.3. The number of aryl methyl sites for hydroxylation is 1. The van der Waals surface area contributed by atoms with Gasteiger partial charge in [-0.1, -0.05) is 0 Å². The number of thiophene rings is 1. The van der Waals surface area contributed by atoms with Crippen LogP contribution in [-0.4, -0.2) is 41.4 Å². The fraction of sp³-hybridized carbons (Fsp3) is 0.316. The van der Waals surface area contributed by atoms with Crippen LogP contribution >= 0.6 is 11.3 Å². The van der Waals surface area contributed by atoms with Crippen LogP contribution in [0.15, 0.2) is 24.5 Å². The van der Waals surface area contributed by atoms with Crippen LogP contribution in [-0.2, 0) is 0 Å². The second kappa shape index (κ2) is 8.11. The molecule has 13 heteroatoms. The smallest absolute Gasteiger partial charge is 0.335 e. The van der Waals surface area contributed by atoms with Gasteiger partial charge in [0.2, 0.25) is 5.95 Å². The normalized spacial score (nSPS) is 15.5. The molecule has 0 bridgehead atoms. The fourth-order valence-corrected chi connectivity index (χ4v) is 4.54. The molecule has 1 unspecified atom stereocenters. The highest BCUT2D eigenvalue weighted by Gasteiger charge is 2.44. The van der Waals surface area contributed by atoms with E-state index in [9.17, 15) is 31.1 Å². The van der Waals surface area contributed by atoms with E-state index >= 15 is 0 Å². The Bertz CT molecular complexity index is 1160. The molecule has 32 heavy (non-hydrogen) atoms. The molecule has 3 heterocycles. The Hall–Kier alpha value is -3.09. The van der Waals surface area contributed by atoms with Gasteiger partial charge in [-0.05, 0) is 18.6 Å². The van der Waals surface area contributed by atoms with Crippen molar-refractivity contribution in [3.05, 3.63) is 46.6 Å². The van der Waals surface area contributed by atoms with Crippen molar-refractivity contribution in [3.63, 3.8) is 0 Å². The number of nitrogens with one attached hydrogen (secondary N) is 2. The quantitative estimate of drug-likeness (QED) is 0.529. The predicted octanol–water partition coefficient (Wildman–Crippen LogP) is 4.86. The molecule has 0 saturated carbocycles. The minimum atomic E-state index is -4.90. The van der Waals surface area contributed by atoms with Gasteiger partial charge in [0, 0.05) is 16.3 Å². The number of hydrogen-bond donors (Lipinski definition) is 2. The van der Waals surface area contributed by atoms with E-state index in [0.717, 1.165) is 6.07 Å². The van der Waals surface area contributed by atoms with E-state index in [1.807, 2.05) is 5.32 Å². The largest absolute Gasteiger partial charge is 0.413 e. The lowest BCUT2D eigenvalue weighted by Gasteiger charge is -2.34. The highest BCUT2D eigenvalue weighted by Crippen LogP contribution is 2.42. The fourth-order valence-electron chi connectivity index (χ4n) is 3.27. The van der Waals surface area contributed by atoms with E-state index in [-0.39, 0.29) is 45.3 Å². The van der Waals surface area contributed by atoms with Crippen molar-refractivity contribution in [1.29, 1.82) is 0 Å². The Labute approximate surface area is 181 Å². The summed E-state index contributed by atoms with van der Waals surface area (Å²) < 4.78 is 81.6. The number of carbonyl (C=O) groups is 1. The molecule has 1 aliphatic heterocycles. The standard InChI is InChI=1S/C19H15F6N5OS/c1-8-12-2-9(20)3-13(22)15(12)32-14(8)16(19(23,24)25)29-18(31)28-11-4-26-17(27-5-11)30-6-10(21)7-30/h2-5,10,16H,6-7H2,1H3,(H2,28,29,31). The van der Waals surface area contributed by atoms with Crippen molar-refractivity contribution >= 4 is 39.1 Å². The molecule has 2 N–H and O–H groups in total. The monoisotopic (exact) mass is 475 g/mol. The predicted molar refractivity (Wildman–Crippen MR) is 107 cm³/mol. The van der Waals surface area contributed by atoms with Crippen LogP contribution in [0.25, 0.3) is 10.1 Å². The minimum absolute atomic E-state index is 0.00413. The molecule has 170 valence electrons. The third-order valence-electron chi connectivity index (χ3n) is 4.87. The first kappa shape index (κ1) is 22.1. The number of aromatic nitrogens is 2. The number of halogens is 6. The van der Waals surface area contributed by atoms with Gasteiger partial charge in [-0.25, -0.2) is 27.9 Å². The molecule has 1 aliphatic rings. The van der Waals surface area contributed by atoms with E-state index in [2.05, 4.69) is 15.3 Å². The third kappa shape index (κ3) is 4.29. The average molecular weight is 475 g/mol. The summed E-state index contributed by atoms with van der Waals surface area (Å²) in [6, 6.07) is -2.11. The molecule has 4 rings (SSSR count). The van der Waals surface area contributed by atoms with Gasteiger partial charge in [0.15, 0.2) is 6.04 Å². The first-order valence-corrected chi connectivity index (χ1v) is 10.1. The van der Waals surface area contributed by atoms with Gasteiger partial charge in [-0.15, -0.1) is 11.3 Å². The number of alkyl halides is 4. The van der Waals surface area contributed by atoms with E-state index < -0.39 is 36.1 Å². The number of amides is 2. The van der Waals surface area contributed by atoms with Gasteiger partial charge < -0.3 is 15.5 Å². The second-order valence-electron chi connectivity index (χ2n) is 7.20. The van der Waals surface area contributed by atoms with Crippen LogP contribution in [0.5, 0.6) is 0 Å². The molecule has 1 saturated heterocycles. The van der Waals surface area contributed by atoms with Crippen LogP contribution in [0, 0.1) is 18.6 Å². The van der Waals surface area contributed by atoms with Crippen molar-refractivity contribution in [2.45, 2.75) is 25.3 Å². The lowest BCUT2D eigenvalue weighted by Crippen LogP contribution is -2.49. The zero-order chi connectivity index (χ0) is 23.2. The third-order valence-corrected chi connectivity index (χ3v) is 6.26. The Morgan fingerprint density at radius 3 is 2.47 bits per heavy atom. The van der Waals surface area contributed by atoms with E-state index in [1.54, 1.807) is 4.90 Å². The molecule has 0 spiro atoms. The van der Waals surface area contributed by atoms with Crippen LogP contribution in [0.3, 0.4) is 0 Å². The van der Waals surface area contributed by atoms with Gasteiger partial charge in [-0.2, -0.15) is 13.2 Å². The van der Waals surface area contributed by atoms with E-state index in [0.29, 0.717) is 17.4 Å². The van der Waals surface area contributed by atoms with Crippen LogP contribution < -0.4 is 15.5 Å². The number of rotatable bonds is 4. The Morgan fingerprint density at radius 2 is 1.88 bits per heavy atom. The topological polar surface area (TPSA) is 70.2 Å². The summed E-state index contributed by atoms with van der Waals surface area (Å²) in [5.41, 5.74) is 0.0325. The highest BCUT2D eigenvalue weighted by molar-refractivity contribution is 7.19. The first-order chi connectivity index (χ1) is 15.0. The molecule has 1 fully saturated rings. The van der Waals surface area contributed by atoms with E-state index in [1.165, 1.54) is 19.3 Å². The van der Waals surface area contributed by atoms with Crippen LogP contribution in [0.2, 0.25) is 0 Å². The number of benzene rings is 1. The summed E-state index contributed by atoms with van der Waals surface area (Å²) in [5.74, 6) is -1.67. The van der Waals surface area contributed by atoms with Gasteiger partial charge >= 0.3 is 12.2 Å². The molecule has 1 aromatic carbocycles. The van der Waals surface area contributed by atoms with Gasteiger partial charge in [0.1, 0.15) is 17.8 Å². The molecule has 6 nitrogen and oxygen atoms in total. The number of hydrogen-bond acceptors (Lipinski definition) is 5. The van der Waals surface area contributed by atoms with Gasteiger partial charge in [-0.3, -0.25) is 0 Å². The molecular weight excluding hydrogens is 460 g/mol. The van der Waals surface area contributed by atoms with Crippen molar-refractivity contribution in [3.8, 4) is 0 Å². The maximum absolute atomic E-state index is 14.0. The maximum Gasteiger partial charge on any atom is 0.413 e. The maximum atomic E-state index is 14.0. The summed E-state index contributed by atoms with van der Waals surface area (Å²) in [7, 11) is 0. The average Bonchev–Trinajstić information content (AvgIpc) is 3.00. The minimum Gasteiger partial charge on any atom is -0.335 e. The zero-order valence-corrected chi connectivity index (χ0v) is 17.1. The van der Waals surface area contributed by atoms with Crippen LogP contribution in [0.1, 0.15) is 16.5 Å². The summed E-state index contributed by atoms with van der Waals surface area (Å²) >= 11 is 0.492. The lowest BCUT2D eigenvalue weighted by atomic mass is 10.1. The Kier molecular flexibility index (Phi) is 5.61. The molecule has 0 aliphatic carbocycles. The molecule has 1 atom stereocenters. The first-order valence-electron chi connectivity index (χ1n) is 9.26.